The molecular formula is C33H32N6O2. The number of aromatic nitrogens is 1. The predicted octanol–water partition coefficient (Wildman–Crippen LogP) is 5.86. The number of carbonyl (C=O) groups is 2. The average molecular weight is 545 g/mol. The second-order valence-electron chi connectivity index (χ2n) is 10.2. The summed E-state index contributed by atoms with van der Waals surface area (Å²) < 4.78 is 0. The van der Waals surface area contributed by atoms with Crippen molar-refractivity contribution in [3.05, 3.63) is 114 Å². The Kier molecular flexibility index (Phi) is 8.55. The monoisotopic (exact) mass is 544 g/mol. The highest BCUT2D eigenvalue weighted by atomic mass is 16.2. The second kappa shape index (κ2) is 12.8. The maximum Gasteiger partial charge on any atom is 0.322 e. The summed E-state index contributed by atoms with van der Waals surface area (Å²) in [5, 5.41) is 15.6. The van der Waals surface area contributed by atoms with E-state index in [2.05, 4.69) is 21.7 Å². The third-order valence-corrected chi connectivity index (χ3v) is 7.46. The molecule has 0 unspecified atom stereocenters. The van der Waals surface area contributed by atoms with E-state index in [9.17, 15) is 9.59 Å². The van der Waals surface area contributed by atoms with Gasteiger partial charge in [-0.25, -0.2) is 9.78 Å². The van der Waals surface area contributed by atoms with Gasteiger partial charge in [0.25, 0.3) is 0 Å². The van der Waals surface area contributed by atoms with Crippen LogP contribution in [-0.2, 0) is 6.54 Å². The first kappa shape index (κ1) is 27.4. The van der Waals surface area contributed by atoms with Crippen molar-refractivity contribution in [1.82, 2.24) is 10.3 Å². The number of carbonyl (C=O) groups excluding carboxylic acids is 2. The largest absolute Gasteiger partial charge is 0.367 e. The van der Waals surface area contributed by atoms with Crippen LogP contribution in [0, 0.1) is 11.3 Å². The van der Waals surface area contributed by atoms with Crippen LogP contribution in [0.2, 0.25) is 0 Å². The molecule has 41 heavy (non-hydrogen) atoms. The van der Waals surface area contributed by atoms with Gasteiger partial charge in [-0.2, -0.15) is 5.26 Å². The third kappa shape index (κ3) is 6.89. The Bertz CT molecular complexity index is 1510. The van der Waals surface area contributed by atoms with E-state index >= 15 is 0 Å². The lowest BCUT2D eigenvalue weighted by Crippen LogP contribution is -2.48. The Morgan fingerprint density at radius 2 is 1.54 bits per heavy atom. The molecule has 4 N–H and O–H groups in total. The number of nitrogens with two attached hydrogens (primary N) is 1. The van der Waals surface area contributed by atoms with Crippen LogP contribution < -0.4 is 21.3 Å². The highest BCUT2D eigenvalue weighted by Crippen LogP contribution is 2.31. The zero-order valence-electron chi connectivity index (χ0n) is 22.7. The molecule has 1 aliphatic carbocycles. The van der Waals surface area contributed by atoms with E-state index in [0.29, 0.717) is 17.7 Å². The summed E-state index contributed by atoms with van der Waals surface area (Å²) in [4.78, 5) is 31.3. The van der Waals surface area contributed by atoms with E-state index in [4.69, 9.17) is 11.0 Å². The van der Waals surface area contributed by atoms with E-state index in [1.165, 1.54) is 0 Å². The highest BCUT2D eigenvalue weighted by Gasteiger charge is 2.30. The number of amides is 3. The first-order valence-electron chi connectivity index (χ1n) is 13.7. The first-order chi connectivity index (χ1) is 20.0. The van der Waals surface area contributed by atoms with Crippen molar-refractivity contribution in [2.24, 2.45) is 5.73 Å². The van der Waals surface area contributed by atoms with Crippen LogP contribution in [0.25, 0.3) is 11.1 Å². The summed E-state index contributed by atoms with van der Waals surface area (Å²) in [7, 11) is 0. The number of pyridine rings is 1. The molecule has 3 aromatic carbocycles. The molecule has 5 rings (SSSR count). The van der Waals surface area contributed by atoms with Crippen molar-refractivity contribution in [2.75, 3.05) is 10.2 Å². The van der Waals surface area contributed by atoms with Crippen molar-refractivity contribution < 1.29 is 9.59 Å². The van der Waals surface area contributed by atoms with E-state index in [1.54, 1.807) is 24.4 Å². The molecule has 4 aromatic rings. The van der Waals surface area contributed by atoms with Crippen molar-refractivity contribution in [3.63, 3.8) is 0 Å². The fourth-order valence-corrected chi connectivity index (χ4v) is 5.23. The Balaban J connectivity index is 1.30. The molecule has 3 amide bonds. The molecule has 206 valence electrons. The Morgan fingerprint density at radius 3 is 2.12 bits per heavy atom. The minimum atomic E-state index is -0.456. The molecule has 0 aliphatic heterocycles. The molecule has 0 saturated heterocycles. The molecule has 8 heteroatoms. The molecule has 1 aliphatic rings. The van der Waals surface area contributed by atoms with Crippen LogP contribution in [-0.4, -0.2) is 29.0 Å². The van der Waals surface area contributed by atoms with Gasteiger partial charge in [-0.05, 0) is 78.8 Å². The molecule has 0 radical (unpaired) electrons. The summed E-state index contributed by atoms with van der Waals surface area (Å²) >= 11 is 0. The van der Waals surface area contributed by atoms with Crippen LogP contribution in [0.5, 0.6) is 0 Å². The molecule has 0 spiro atoms. The molecular weight excluding hydrogens is 512 g/mol. The predicted molar refractivity (Wildman–Crippen MR) is 160 cm³/mol. The standard InChI is InChI=1S/C33H32N6O2/c34-20-24-6-19-31(36-22-24)38-28-13-17-30(18-14-28)39(33(41)37-21-23-4-2-1-3-5-23)29-15-11-26(12-16-29)25-7-9-27(10-8-25)32(35)40/h1-12,15-16,19,22,28,30H,13-14,17-18,21H2,(H2,35,40)(H,36,38)(H,37,41)/t28-,30-. The first-order valence-corrected chi connectivity index (χ1v) is 13.7. The van der Waals surface area contributed by atoms with Gasteiger partial charge in [0.1, 0.15) is 11.9 Å². The minimum absolute atomic E-state index is 0.0402. The molecule has 1 saturated carbocycles. The number of hydrogen-bond acceptors (Lipinski definition) is 5. The molecule has 1 heterocycles. The lowest BCUT2D eigenvalue weighted by atomic mass is 9.89. The van der Waals surface area contributed by atoms with Crippen molar-refractivity contribution in [2.45, 2.75) is 44.3 Å². The summed E-state index contributed by atoms with van der Waals surface area (Å²) in [5.74, 6) is 0.298. The van der Waals surface area contributed by atoms with E-state index in [1.807, 2.05) is 77.7 Å². The number of rotatable bonds is 8. The summed E-state index contributed by atoms with van der Waals surface area (Å²) in [6.07, 6.45) is 5.02. The van der Waals surface area contributed by atoms with Crippen LogP contribution in [0.3, 0.4) is 0 Å². The number of urea groups is 1. The summed E-state index contributed by atoms with van der Waals surface area (Å²) in [5.41, 5.74) is 10.2. The average Bonchev–Trinajstić information content (AvgIpc) is 3.02. The van der Waals surface area contributed by atoms with Gasteiger partial charge in [0, 0.05) is 36.1 Å². The highest BCUT2D eigenvalue weighted by molar-refractivity contribution is 5.94. The summed E-state index contributed by atoms with van der Waals surface area (Å²) in [6.45, 7) is 0.446. The number of hydrogen-bond donors (Lipinski definition) is 3. The number of nitrogens with one attached hydrogen (secondary N) is 2. The van der Waals surface area contributed by atoms with Crippen molar-refractivity contribution in [1.29, 1.82) is 5.26 Å². The van der Waals surface area contributed by atoms with Gasteiger partial charge >= 0.3 is 6.03 Å². The normalized spacial score (nSPS) is 16.3. The van der Waals surface area contributed by atoms with E-state index < -0.39 is 5.91 Å². The zero-order chi connectivity index (χ0) is 28.6. The maximum atomic E-state index is 13.6. The molecule has 8 nitrogen and oxygen atoms in total. The van der Waals surface area contributed by atoms with Crippen molar-refractivity contribution in [3.8, 4) is 17.2 Å². The lowest BCUT2D eigenvalue weighted by molar-refractivity contribution is 0.1000. The summed E-state index contributed by atoms with van der Waals surface area (Å²) in [6, 6.07) is 30.8. The van der Waals surface area contributed by atoms with Crippen LogP contribution in [0.1, 0.15) is 47.2 Å². The Labute approximate surface area is 239 Å². The van der Waals surface area contributed by atoms with E-state index in [0.717, 1.165) is 53.9 Å². The topological polar surface area (TPSA) is 124 Å². The number of benzene rings is 3. The van der Waals surface area contributed by atoms with E-state index in [-0.39, 0.29) is 18.1 Å². The third-order valence-electron chi connectivity index (χ3n) is 7.46. The minimum Gasteiger partial charge on any atom is -0.367 e. The van der Waals surface area contributed by atoms with Gasteiger partial charge in [-0.15, -0.1) is 0 Å². The molecule has 0 atom stereocenters. The van der Waals surface area contributed by atoms with Crippen LogP contribution >= 0.6 is 0 Å². The SMILES string of the molecule is N#Cc1ccc(N[C@H]2CC[C@H](N(C(=O)NCc3ccccc3)c3ccc(-c4ccc(C(N)=O)cc4)cc3)CC2)nc1. The zero-order valence-corrected chi connectivity index (χ0v) is 22.7. The van der Waals surface area contributed by atoms with Gasteiger partial charge in [0.05, 0.1) is 5.56 Å². The van der Waals surface area contributed by atoms with Gasteiger partial charge in [-0.1, -0.05) is 54.6 Å². The number of anilines is 2. The molecule has 1 aromatic heterocycles. The maximum absolute atomic E-state index is 13.6. The molecule has 1 fully saturated rings. The van der Waals surface area contributed by atoms with Crippen LogP contribution in [0.4, 0.5) is 16.3 Å². The van der Waals surface area contributed by atoms with Crippen molar-refractivity contribution >= 4 is 23.4 Å². The van der Waals surface area contributed by atoms with Gasteiger partial charge in [-0.3, -0.25) is 9.69 Å². The Hall–Kier alpha value is -5.16. The fraction of sp³-hybridized carbons (Fsp3) is 0.212. The quantitative estimate of drug-likeness (QED) is 0.256. The van der Waals surface area contributed by atoms with Gasteiger partial charge in [0.2, 0.25) is 5.91 Å². The lowest BCUT2D eigenvalue weighted by Gasteiger charge is -2.37. The number of primary amides is 1. The smallest absolute Gasteiger partial charge is 0.322 e. The fourth-order valence-electron chi connectivity index (χ4n) is 5.23. The number of nitriles is 1. The Morgan fingerprint density at radius 1 is 0.878 bits per heavy atom. The molecule has 0 bridgehead atoms. The second-order valence-corrected chi connectivity index (χ2v) is 10.2. The van der Waals surface area contributed by atoms with Gasteiger partial charge < -0.3 is 16.4 Å². The number of nitrogens with zero attached hydrogens (tertiary/aromatic N) is 3. The van der Waals surface area contributed by atoms with Crippen LogP contribution in [0.15, 0.2) is 97.2 Å². The van der Waals surface area contributed by atoms with Gasteiger partial charge in [0.15, 0.2) is 0 Å².